The van der Waals surface area contributed by atoms with Crippen molar-refractivity contribution in [2.24, 2.45) is 0 Å². The summed E-state index contributed by atoms with van der Waals surface area (Å²) in [7, 11) is 0. The number of benzene rings is 1. The third-order valence-electron chi connectivity index (χ3n) is 3.75. The molecule has 1 unspecified atom stereocenters. The second kappa shape index (κ2) is 6.64. The number of carbonyl (C=O) groups is 1. The van der Waals surface area contributed by atoms with Crippen LogP contribution in [0.3, 0.4) is 0 Å². The van der Waals surface area contributed by atoms with Crippen LogP contribution in [-0.4, -0.2) is 40.6 Å². The molecular formula is C16H17F2N3O3. The van der Waals surface area contributed by atoms with Crippen LogP contribution in [0, 0.1) is 11.6 Å². The van der Waals surface area contributed by atoms with Crippen molar-refractivity contribution >= 4 is 5.91 Å². The molecule has 3 rings (SSSR count). The van der Waals surface area contributed by atoms with E-state index in [0.29, 0.717) is 11.7 Å². The standard InChI is InChI=1S/C16H17F2N3O3/c1-9(2)15-19-14(20-24-15)13-8-21(5-6-23-13)16(22)11-7-10(17)3-4-12(11)18/h3-4,7,9,13H,5-6,8H2,1-2H3. The van der Waals surface area contributed by atoms with Crippen molar-refractivity contribution in [2.45, 2.75) is 25.9 Å². The van der Waals surface area contributed by atoms with E-state index in [1.54, 1.807) is 0 Å². The van der Waals surface area contributed by atoms with Crippen LogP contribution in [0.15, 0.2) is 22.7 Å². The van der Waals surface area contributed by atoms with Crippen LogP contribution in [0.25, 0.3) is 0 Å². The number of amides is 1. The first-order valence-electron chi connectivity index (χ1n) is 7.65. The van der Waals surface area contributed by atoms with E-state index in [0.717, 1.165) is 18.2 Å². The van der Waals surface area contributed by atoms with Crippen molar-refractivity contribution < 1.29 is 22.8 Å². The van der Waals surface area contributed by atoms with Gasteiger partial charge in [0.2, 0.25) is 11.7 Å². The number of rotatable bonds is 3. The molecule has 1 atom stereocenters. The first kappa shape index (κ1) is 16.5. The molecule has 1 aliphatic rings. The Kier molecular flexibility index (Phi) is 4.57. The lowest BCUT2D eigenvalue weighted by atomic mass is 10.1. The zero-order valence-electron chi connectivity index (χ0n) is 13.3. The molecule has 0 N–H and O–H groups in total. The molecule has 128 valence electrons. The van der Waals surface area contributed by atoms with Gasteiger partial charge in [0.15, 0.2) is 0 Å². The summed E-state index contributed by atoms with van der Waals surface area (Å²) in [6, 6.07) is 2.81. The Morgan fingerprint density at radius 3 is 2.88 bits per heavy atom. The van der Waals surface area contributed by atoms with Gasteiger partial charge in [-0.3, -0.25) is 4.79 Å². The summed E-state index contributed by atoms with van der Waals surface area (Å²) in [6.45, 7) is 4.51. The highest BCUT2D eigenvalue weighted by atomic mass is 19.1. The summed E-state index contributed by atoms with van der Waals surface area (Å²) in [5.74, 6) is -1.11. The van der Waals surface area contributed by atoms with Gasteiger partial charge in [0.1, 0.15) is 17.7 Å². The van der Waals surface area contributed by atoms with E-state index >= 15 is 0 Å². The minimum Gasteiger partial charge on any atom is -0.366 e. The molecule has 2 aromatic rings. The predicted octanol–water partition coefficient (Wildman–Crippen LogP) is 2.68. The van der Waals surface area contributed by atoms with E-state index in [1.807, 2.05) is 13.8 Å². The molecule has 1 fully saturated rings. The Labute approximate surface area is 137 Å². The smallest absolute Gasteiger partial charge is 0.257 e. The molecule has 6 nitrogen and oxygen atoms in total. The third-order valence-corrected chi connectivity index (χ3v) is 3.75. The summed E-state index contributed by atoms with van der Waals surface area (Å²) in [6.07, 6.45) is -0.560. The number of carbonyl (C=O) groups excluding carboxylic acids is 1. The van der Waals surface area contributed by atoms with Crippen molar-refractivity contribution in [1.29, 1.82) is 0 Å². The molecule has 1 amide bonds. The van der Waals surface area contributed by atoms with E-state index in [1.165, 1.54) is 4.90 Å². The molecule has 1 aromatic heterocycles. The minimum atomic E-state index is -0.758. The van der Waals surface area contributed by atoms with Crippen LogP contribution in [0.1, 0.15) is 47.9 Å². The number of hydrogen-bond acceptors (Lipinski definition) is 5. The van der Waals surface area contributed by atoms with E-state index in [2.05, 4.69) is 10.1 Å². The number of morpholine rings is 1. The van der Waals surface area contributed by atoms with Crippen LogP contribution in [0.5, 0.6) is 0 Å². The van der Waals surface area contributed by atoms with Crippen LogP contribution >= 0.6 is 0 Å². The van der Waals surface area contributed by atoms with Crippen molar-refractivity contribution in [3.63, 3.8) is 0 Å². The van der Waals surface area contributed by atoms with Crippen LogP contribution in [0.2, 0.25) is 0 Å². The van der Waals surface area contributed by atoms with E-state index in [4.69, 9.17) is 9.26 Å². The average Bonchev–Trinajstić information content (AvgIpc) is 3.07. The molecular weight excluding hydrogens is 320 g/mol. The summed E-state index contributed by atoms with van der Waals surface area (Å²) in [5, 5.41) is 3.88. The highest BCUT2D eigenvalue weighted by Crippen LogP contribution is 2.23. The third kappa shape index (κ3) is 3.28. The zero-order chi connectivity index (χ0) is 17.3. The molecule has 1 saturated heterocycles. The molecule has 1 aromatic carbocycles. The Bertz CT molecular complexity index is 748. The van der Waals surface area contributed by atoms with E-state index in [9.17, 15) is 13.6 Å². The van der Waals surface area contributed by atoms with Gasteiger partial charge in [0.25, 0.3) is 5.91 Å². The van der Waals surface area contributed by atoms with Crippen LogP contribution in [-0.2, 0) is 4.74 Å². The predicted molar refractivity (Wildman–Crippen MR) is 79.3 cm³/mol. The topological polar surface area (TPSA) is 68.5 Å². The van der Waals surface area contributed by atoms with Gasteiger partial charge >= 0.3 is 0 Å². The zero-order valence-corrected chi connectivity index (χ0v) is 13.3. The molecule has 24 heavy (non-hydrogen) atoms. The Balaban J connectivity index is 1.77. The number of nitrogens with zero attached hydrogens (tertiary/aromatic N) is 3. The molecule has 8 heteroatoms. The second-order valence-corrected chi connectivity index (χ2v) is 5.88. The second-order valence-electron chi connectivity index (χ2n) is 5.88. The Morgan fingerprint density at radius 1 is 1.38 bits per heavy atom. The number of hydrogen-bond donors (Lipinski definition) is 0. The number of aromatic nitrogens is 2. The molecule has 0 aliphatic carbocycles. The maximum Gasteiger partial charge on any atom is 0.257 e. The summed E-state index contributed by atoms with van der Waals surface area (Å²) in [5.41, 5.74) is -0.299. The van der Waals surface area contributed by atoms with Gasteiger partial charge in [-0.2, -0.15) is 4.98 Å². The minimum absolute atomic E-state index is 0.0777. The fourth-order valence-corrected chi connectivity index (χ4v) is 2.43. The molecule has 0 saturated carbocycles. The van der Waals surface area contributed by atoms with Crippen molar-refractivity contribution in [3.05, 3.63) is 47.1 Å². The summed E-state index contributed by atoms with van der Waals surface area (Å²) in [4.78, 5) is 18.1. The fourth-order valence-electron chi connectivity index (χ4n) is 2.43. The van der Waals surface area contributed by atoms with E-state index in [-0.39, 0.29) is 31.2 Å². The maximum absolute atomic E-state index is 13.8. The Morgan fingerprint density at radius 2 is 2.17 bits per heavy atom. The fraction of sp³-hybridized carbons (Fsp3) is 0.438. The molecule has 0 spiro atoms. The first-order valence-corrected chi connectivity index (χ1v) is 7.65. The van der Waals surface area contributed by atoms with Gasteiger partial charge < -0.3 is 14.2 Å². The summed E-state index contributed by atoms with van der Waals surface area (Å²) < 4.78 is 37.8. The van der Waals surface area contributed by atoms with Crippen molar-refractivity contribution in [1.82, 2.24) is 15.0 Å². The van der Waals surface area contributed by atoms with Gasteiger partial charge in [0, 0.05) is 12.5 Å². The average molecular weight is 337 g/mol. The number of ether oxygens (including phenoxy) is 1. The molecule has 1 aliphatic heterocycles. The van der Waals surface area contributed by atoms with Gasteiger partial charge in [-0.15, -0.1) is 0 Å². The monoisotopic (exact) mass is 337 g/mol. The van der Waals surface area contributed by atoms with Crippen molar-refractivity contribution in [3.8, 4) is 0 Å². The van der Waals surface area contributed by atoms with Crippen LogP contribution in [0.4, 0.5) is 8.78 Å². The largest absolute Gasteiger partial charge is 0.366 e. The lowest BCUT2D eigenvalue weighted by Gasteiger charge is -2.31. The first-order chi connectivity index (χ1) is 11.5. The number of halogens is 2. The SMILES string of the molecule is CC(C)c1nc(C2CN(C(=O)c3cc(F)ccc3F)CCO2)no1. The van der Waals surface area contributed by atoms with E-state index < -0.39 is 23.6 Å². The molecule has 2 heterocycles. The molecule has 0 radical (unpaired) electrons. The lowest BCUT2D eigenvalue weighted by molar-refractivity contribution is -0.0277. The van der Waals surface area contributed by atoms with Crippen LogP contribution < -0.4 is 0 Å². The van der Waals surface area contributed by atoms with Crippen molar-refractivity contribution in [2.75, 3.05) is 19.7 Å². The quantitative estimate of drug-likeness (QED) is 0.861. The maximum atomic E-state index is 13.8. The van der Waals surface area contributed by atoms with Gasteiger partial charge in [0.05, 0.1) is 18.7 Å². The van der Waals surface area contributed by atoms with Gasteiger partial charge in [-0.1, -0.05) is 19.0 Å². The molecule has 0 bridgehead atoms. The highest BCUT2D eigenvalue weighted by Gasteiger charge is 2.30. The lowest BCUT2D eigenvalue weighted by Crippen LogP contribution is -2.42. The normalized spacial score (nSPS) is 18.2. The van der Waals surface area contributed by atoms with Gasteiger partial charge in [-0.05, 0) is 18.2 Å². The summed E-state index contributed by atoms with van der Waals surface area (Å²) >= 11 is 0. The van der Waals surface area contributed by atoms with Gasteiger partial charge in [-0.25, -0.2) is 8.78 Å². The Hall–Kier alpha value is -2.35. The highest BCUT2D eigenvalue weighted by molar-refractivity contribution is 5.94.